The van der Waals surface area contributed by atoms with Crippen molar-refractivity contribution in [2.24, 2.45) is 0 Å². The van der Waals surface area contributed by atoms with Crippen LogP contribution in [0.1, 0.15) is 11.4 Å². The minimum atomic E-state index is -0.211. The van der Waals surface area contributed by atoms with Gasteiger partial charge in [0.25, 0.3) is 0 Å². The minimum Gasteiger partial charge on any atom is -0.397 e. The van der Waals surface area contributed by atoms with E-state index in [1.54, 1.807) is 22.9 Å². The molecule has 1 amide bonds. The highest BCUT2D eigenvalue weighted by Crippen LogP contribution is 2.23. The third-order valence-electron chi connectivity index (χ3n) is 2.88. The van der Waals surface area contributed by atoms with E-state index >= 15 is 0 Å². The van der Waals surface area contributed by atoms with Crippen LogP contribution in [-0.4, -0.2) is 15.7 Å². The molecule has 1 aromatic carbocycles. The lowest BCUT2D eigenvalue weighted by Crippen LogP contribution is -2.21. The van der Waals surface area contributed by atoms with Gasteiger partial charge in [0, 0.05) is 5.02 Å². The highest BCUT2D eigenvalue weighted by molar-refractivity contribution is 9.10. The Balaban J connectivity index is 2.13. The van der Waals surface area contributed by atoms with Gasteiger partial charge in [-0.15, -0.1) is 0 Å². The maximum atomic E-state index is 12.0. The number of carbonyl (C=O) groups is 1. The first-order valence-electron chi connectivity index (χ1n) is 5.93. The molecular formula is C13H14BrClN4O. The molecule has 0 radical (unpaired) electrons. The standard InChI is InChI=1S/C13H14BrClN4O/c1-7-13(14)8(2)19(18-7)6-12(20)17-11-5-9(15)3-4-10(11)16/h3-5H,6,16H2,1-2H3,(H,17,20). The molecule has 5 nitrogen and oxygen atoms in total. The molecule has 2 aromatic rings. The van der Waals surface area contributed by atoms with E-state index in [1.807, 2.05) is 13.8 Å². The monoisotopic (exact) mass is 356 g/mol. The summed E-state index contributed by atoms with van der Waals surface area (Å²) < 4.78 is 2.54. The lowest BCUT2D eigenvalue weighted by molar-refractivity contribution is -0.116. The van der Waals surface area contributed by atoms with Crippen LogP contribution in [0.2, 0.25) is 5.02 Å². The Labute approximate surface area is 130 Å². The lowest BCUT2D eigenvalue weighted by atomic mass is 10.2. The Morgan fingerprint density at radius 2 is 2.20 bits per heavy atom. The van der Waals surface area contributed by atoms with Gasteiger partial charge in [-0.2, -0.15) is 5.10 Å². The van der Waals surface area contributed by atoms with E-state index < -0.39 is 0 Å². The van der Waals surface area contributed by atoms with E-state index in [1.165, 1.54) is 0 Å². The van der Waals surface area contributed by atoms with Gasteiger partial charge in [-0.3, -0.25) is 9.48 Å². The van der Waals surface area contributed by atoms with Gasteiger partial charge < -0.3 is 11.1 Å². The Kier molecular flexibility index (Phi) is 4.35. The fourth-order valence-electron chi connectivity index (χ4n) is 1.79. The Bertz CT molecular complexity index is 669. The number of rotatable bonds is 3. The number of carbonyl (C=O) groups excluding carboxylic acids is 1. The Morgan fingerprint density at radius 3 is 2.80 bits per heavy atom. The summed E-state index contributed by atoms with van der Waals surface area (Å²) in [7, 11) is 0. The van der Waals surface area contributed by atoms with Gasteiger partial charge in [0.05, 0.1) is 27.2 Å². The van der Waals surface area contributed by atoms with Gasteiger partial charge in [-0.05, 0) is 48.0 Å². The Hall–Kier alpha value is -1.53. The van der Waals surface area contributed by atoms with E-state index in [2.05, 4.69) is 26.3 Å². The highest BCUT2D eigenvalue weighted by atomic mass is 79.9. The fourth-order valence-corrected chi connectivity index (χ4v) is 2.25. The van der Waals surface area contributed by atoms with E-state index in [4.69, 9.17) is 17.3 Å². The van der Waals surface area contributed by atoms with E-state index in [0.29, 0.717) is 16.4 Å². The van der Waals surface area contributed by atoms with Gasteiger partial charge in [0.2, 0.25) is 5.91 Å². The van der Waals surface area contributed by atoms with Gasteiger partial charge in [-0.25, -0.2) is 0 Å². The van der Waals surface area contributed by atoms with Crippen molar-refractivity contribution in [3.8, 4) is 0 Å². The second-order valence-electron chi connectivity index (χ2n) is 4.42. The molecular weight excluding hydrogens is 344 g/mol. The van der Waals surface area contributed by atoms with Crippen molar-refractivity contribution >= 4 is 44.8 Å². The second-order valence-corrected chi connectivity index (χ2v) is 5.65. The van der Waals surface area contributed by atoms with Crippen molar-refractivity contribution < 1.29 is 4.79 Å². The fraction of sp³-hybridized carbons (Fsp3) is 0.231. The van der Waals surface area contributed by atoms with Crippen molar-refractivity contribution in [3.05, 3.63) is 39.1 Å². The molecule has 0 fully saturated rings. The number of nitrogen functional groups attached to an aromatic ring is 1. The van der Waals surface area contributed by atoms with Gasteiger partial charge in [-0.1, -0.05) is 11.6 Å². The SMILES string of the molecule is Cc1nn(CC(=O)Nc2cc(Cl)ccc2N)c(C)c1Br. The van der Waals surface area contributed by atoms with Crippen molar-refractivity contribution in [1.29, 1.82) is 0 Å². The molecule has 0 aliphatic rings. The molecule has 0 saturated heterocycles. The average molecular weight is 358 g/mol. The van der Waals surface area contributed by atoms with Crippen LogP contribution in [0.5, 0.6) is 0 Å². The van der Waals surface area contributed by atoms with Crippen molar-refractivity contribution in [3.63, 3.8) is 0 Å². The van der Waals surface area contributed by atoms with Crippen molar-refractivity contribution in [1.82, 2.24) is 9.78 Å². The Morgan fingerprint density at radius 1 is 1.50 bits per heavy atom. The van der Waals surface area contributed by atoms with Crippen LogP contribution in [0.3, 0.4) is 0 Å². The molecule has 1 heterocycles. The van der Waals surface area contributed by atoms with Crippen LogP contribution in [-0.2, 0) is 11.3 Å². The van der Waals surface area contributed by atoms with E-state index in [-0.39, 0.29) is 12.5 Å². The molecule has 0 saturated carbocycles. The number of nitrogens with zero attached hydrogens (tertiary/aromatic N) is 2. The summed E-state index contributed by atoms with van der Waals surface area (Å²) in [5.74, 6) is -0.211. The number of hydrogen-bond donors (Lipinski definition) is 2. The van der Waals surface area contributed by atoms with Crippen molar-refractivity contribution in [2.75, 3.05) is 11.1 Å². The molecule has 3 N–H and O–H groups in total. The first-order chi connectivity index (χ1) is 9.38. The van der Waals surface area contributed by atoms with E-state index in [9.17, 15) is 4.79 Å². The maximum absolute atomic E-state index is 12.0. The number of hydrogen-bond acceptors (Lipinski definition) is 3. The molecule has 1 aromatic heterocycles. The number of nitrogens with two attached hydrogens (primary N) is 1. The van der Waals surface area contributed by atoms with E-state index in [0.717, 1.165) is 15.9 Å². The van der Waals surface area contributed by atoms with Crippen LogP contribution in [0, 0.1) is 13.8 Å². The highest BCUT2D eigenvalue weighted by Gasteiger charge is 2.12. The number of aromatic nitrogens is 2. The number of benzene rings is 1. The van der Waals surface area contributed by atoms with Gasteiger partial charge in [0.1, 0.15) is 6.54 Å². The maximum Gasteiger partial charge on any atom is 0.246 e. The number of anilines is 2. The average Bonchev–Trinajstić information content (AvgIpc) is 2.61. The summed E-state index contributed by atoms with van der Waals surface area (Å²) in [6, 6.07) is 4.94. The zero-order chi connectivity index (χ0) is 14.9. The number of halogens is 2. The summed E-state index contributed by atoms with van der Waals surface area (Å²) in [6.07, 6.45) is 0. The normalized spacial score (nSPS) is 10.6. The summed E-state index contributed by atoms with van der Waals surface area (Å²) >= 11 is 9.30. The molecule has 0 spiro atoms. The summed E-state index contributed by atoms with van der Waals surface area (Å²) in [4.78, 5) is 12.0. The quantitative estimate of drug-likeness (QED) is 0.829. The zero-order valence-corrected chi connectivity index (χ0v) is 13.4. The molecule has 0 atom stereocenters. The molecule has 2 rings (SSSR count). The second kappa shape index (κ2) is 5.85. The summed E-state index contributed by atoms with van der Waals surface area (Å²) in [5, 5.41) is 7.53. The topological polar surface area (TPSA) is 72.9 Å². The third-order valence-corrected chi connectivity index (χ3v) is 4.26. The smallest absolute Gasteiger partial charge is 0.246 e. The first kappa shape index (κ1) is 14.9. The summed E-state index contributed by atoms with van der Waals surface area (Å²) in [5.41, 5.74) is 8.50. The molecule has 0 bridgehead atoms. The molecule has 7 heteroatoms. The van der Waals surface area contributed by atoms with Crippen LogP contribution < -0.4 is 11.1 Å². The number of nitrogens with one attached hydrogen (secondary N) is 1. The van der Waals surface area contributed by atoms with Crippen LogP contribution in [0.15, 0.2) is 22.7 Å². The van der Waals surface area contributed by atoms with Crippen molar-refractivity contribution in [2.45, 2.75) is 20.4 Å². The molecule has 0 unspecified atom stereocenters. The minimum absolute atomic E-state index is 0.115. The molecule has 0 aliphatic heterocycles. The molecule has 106 valence electrons. The lowest BCUT2D eigenvalue weighted by Gasteiger charge is -2.09. The van der Waals surface area contributed by atoms with Gasteiger partial charge in [0.15, 0.2) is 0 Å². The van der Waals surface area contributed by atoms with Gasteiger partial charge >= 0.3 is 0 Å². The van der Waals surface area contributed by atoms with Crippen LogP contribution >= 0.6 is 27.5 Å². The van der Waals surface area contributed by atoms with Crippen LogP contribution in [0.25, 0.3) is 0 Å². The predicted molar refractivity (Wildman–Crippen MR) is 83.9 cm³/mol. The zero-order valence-electron chi connectivity index (χ0n) is 11.1. The first-order valence-corrected chi connectivity index (χ1v) is 7.10. The third kappa shape index (κ3) is 3.13. The predicted octanol–water partition coefficient (Wildman–Crippen LogP) is 3.14. The number of aryl methyl sites for hydroxylation is 1. The summed E-state index contributed by atoms with van der Waals surface area (Å²) in [6.45, 7) is 3.88. The largest absolute Gasteiger partial charge is 0.397 e. The number of amides is 1. The van der Waals surface area contributed by atoms with Crippen LogP contribution in [0.4, 0.5) is 11.4 Å². The molecule has 0 aliphatic carbocycles. The molecule has 20 heavy (non-hydrogen) atoms.